The third kappa shape index (κ3) is 3.15. The monoisotopic (exact) mass is 273 g/mol. The molecule has 1 unspecified atom stereocenters. The van der Waals surface area contributed by atoms with E-state index in [2.05, 4.69) is 6.07 Å². The van der Waals surface area contributed by atoms with Gasteiger partial charge in [-0.25, -0.2) is 0 Å². The molecule has 4 heteroatoms. The molecular weight excluding hydrogens is 265 g/mol. The van der Waals surface area contributed by atoms with E-state index >= 15 is 0 Å². The van der Waals surface area contributed by atoms with Gasteiger partial charge in [0, 0.05) is 0 Å². The third-order valence-electron chi connectivity index (χ3n) is 1.55. The van der Waals surface area contributed by atoms with Gasteiger partial charge in [0.1, 0.15) is 0 Å². The van der Waals surface area contributed by atoms with Crippen LogP contribution >= 0.6 is 11.6 Å². The minimum absolute atomic E-state index is 0.0446. The van der Waals surface area contributed by atoms with E-state index in [-0.39, 0.29) is 24.5 Å². The molecule has 0 aliphatic heterocycles. The Morgan fingerprint density at radius 3 is 2.57 bits per heavy atom. The Morgan fingerprint density at radius 1 is 1.50 bits per heavy atom. The fraction of sp³-hybridized carbons (Fsp3) is 0.200. The summed E-state index contributed by atoms with van der Waals surface area (Å²) in [6, 6.07) is 8.80. The Labute approximate surface area is 94.0 Å². The zero-order chi connectivity index (χ0) is 10.6. The van der Waals surface area contributed by atoms with E-state index in [0.29, 0.717) is 10.6 Å². The van der Waals surface area contributed by atoms with Gasteiger partial charge in [0.2, 0.25) is 0 Å². The number of carbonyl (C=O) groups is 1. The predicted molar refractivity (Wildman–Crippen MR) is 56.6 cm³/mol. The third-order valence-corrected chi connectivity index (χ3v) is 3.70. The zero-order valence-corrected chi connectivity index (χ0v) is 10.00. The van der Waals surface area contributed by atoms with Gasteiger partial charge in [0.05, 0.1) is 0 Å². The van der Waals surface area contributed by atoms with Crippen molar-refractivity contribution in [3.8, 4) is 6.07 Å². The minimum atomic E-state index is -0.303. The van der Waals surface area contributed by atoms with Crippen molar-refractivity contribution in [2.45, 2.75) is 11.7 Å². The summed E-state index contributed by atoms with van der Waals surface area (Å²) in [6.45, 7) is 1.76. The molecule has 0 aliphatic carbocycles. The summed E-state index contributed by atoms with van der Waals surface area (Å²) in [7, 11) is 0. The molecule has 1 aromatic carbocycles. The molecule has 14 heavy (non-hydrogen) atoms. The summed E-state index contributed by atoms with van der Waals surface area (Å²) in [5.41, 5.74) is 0.636. The van der Waals surface area contributed by atoms with Gasteiger partial charge in [0.25, 0.3) is 0 Å². The molecule has 0 fully saturated rings. The van der Waals surface area contributed by atoms with Crippen molar-refractivity contribution >= 4 is 31.2 Å². The van der Waals surface area contributed by atoms with E-state index in [9.17, 15) is 4.79 Å². The molecule has 0 bridgehead atoms. The van der Waals surface area contributed by atoms with Crippen LogP contribution in [0.3, 0.4) is 0 Å². The molecular formula is C10H8ClNOSe. The van der Waals surface area contributed by atoms with Crippen LogP contribution in [0.2, 0.25) is 9.84 Å². The van der Waals surface area contributed by atoms with Crippen molar-refractivity contribution < 1.29 is 4.79 Å². The molecule has 72 valence electrons. The van der Waals surface area contributed by atoms with Crippen LogP contribution in [-0.4, -0.2) is 19.6 Å². The number of nitrogens with zero attached hydrogens (tertiary/aromatic N) is 1. The van der Waals surface area contributed by atoms with Gasteiger partial charge in [-0.1, -0.05) is 0 Å². The summed E-state index contributed by atoms with van der Waals surface area (Å²) in [6.07, 6.45) is 0. The van der Waals surface area contributed by atoms with E-state index < -0.39 is 0 Å². The van der Waals surface area contributed by atoms with Crippen molar-refractivity contribution in [1.29, 1.82) is 5.26 Å². The van der Waals surface area contributed by atoms with E-state index in [1.165, 1.54) is 0 Å². The Balaban J connectivity index is 2.71. The second kappa shape index (κ2) is 5.17. The Kier molecular flexibility index (Phi) is 4.16. The maximum absolute atomic E-state index is 11.6. The first-order valence-electron chi connectivity index (χ1n) is 3.99. The van der Waals surface area contributed by atoms with Gasteiger partial charge < -0.3 is 0 Å². The van der Waals surface area contributed by atoms with E-state index in [4.69, 9.17) is 16.9 Å². The summed E-state index contributed by atoms with van der Waals surface area (Å²) < 4.78 is 0.0446. The Bertz CT molecular complexity index is 369. The van der Waals surface area contributed by atoms with Crippen LogP contribution in [0.1, 0.15) is 17.3 Å². The maximum atomic E-state index is 11.6. The molecule has 0 radical (unpaired) electrons. The standard InChI is InChI=1S/C10H8ClNOSe/c1-7(6-12)14-10(13)8-2-4-9(11)5-3-8/h2-5,7H,1H3. The molecule has 0 heterocycles. The zero-order valence-electron chi connectivity index (χ0n) is 7.53. The molecule has 0 aliphatic rings. The molecule has 0 saturated carbocycles. The summed E-state index contributed by atoms with van der Waals surface area (Å²) in [4.78, 5) is 11.4. The van der Waals surface area contributed by atoms with E-state index in [1.54, 1.807) is 31.2 Å². The van der Waals surface area contributed by atoms with Gasteiger partial charge in [-0.3, -0.25) is 0 Å². The average molecular weight is 273 g/mol. The molecule has 1 rings (SSSR count). The van der Waals surface area contributed by atoms with Crippen LogP contribution in [0.4, 0.5) is 0 Å². The molecule has 0 saturated heterocycles. The van der Waals surface area contributed by atoms with Crippen LogP contribution in [0.15, 0.2) is 24.3 Å². The number of hydrogen-bond donors (Lipinski definition) is 0. The number of halogens is 1. The first-order valence-corrected chi connectivity index (χ1v) is 6.22. The number of hydrogen-bond acceptors (Lipinski definition) is 2. The van der Waals surface area contributed by atoms with Crippen molar-refractivity contribution in [2.24, 2.45) is 0 Å². The van der Waals surface area contributed by atoms with Crippen LogP contribution in [0.5, 0.6) is 0 Å². The quantitative estimate of drug-likeness (QED) is 0.793. The molecule has 0 N–H and O–H groups in total. The first kappa shape index (κ1) is 11.3. The summed E-state index contributed by atoms with van der Waals surface area (Å²) in [5.74, 6) is 0. The van der Waals surface area contributed by atoms with Crippen molar-refractivity contribution in [1.82, 2.24) is 0 Å². The van der Waals surface area contributed by atoms with Crippen molar-refractivity contribution in [3.63, 3.8) is 0 Å². The number of benzene rings is 1. The Morgan fingerprint density at radius 2 is 2.07 bits per heavy atom. The second-order valence-corrected chi connectivity index (χ2v) is 5.88. The molecule has 0 spiro atoms. The van der Waals surface area contributed by atoms with Gasteiger partial charge in [-0.2, -0.15) is 0 Å². The van der Waals surface area contributed by atoms with Gasteiger partial charge >= 0.3 is 94.0 Å². The van der Waals surface area contributed by atoms with Gasteiger partial charge in [-0.15, -0.1) is 0 Å². The number of rotatable bonds is 3. The SMILES string of the molecule is CC(C#N)[Se]C(=O)c1ccc(Cl)cc1. The van der Waals surface area contributed by atoms with Gasteiger partial charge in [0.15, 0.2) is 0 Å². The molecule has 1 aromatic rings. The molecule has 0 amide bonds. The van der Waals surface area contributed by atoms with Crippen molar-refractivity contribution in [3.05, 3.63) is 34.9 Å². The van der Waals surface area contributed by atoms with E-state index in [1.807, 2.05) is 0 Å². The van der Waals surface area contributed by atoms with E-state index in [0.717, 1.165) is 0 Å². The van der Waals surface area contributed by atoms with Crippen LogP contribution in [-0.2, 0) is 0 Å². The first-order chi connectivity index (χ1) is 6.63. The van der Waals surface area contributed by atoms with Gasteiger partial charge in [-0.05, 0) is 0 Å². The van der Waals surface area contributed by atoms with Crippen LogP contribution < -0.4 is 0 Å². The predicted octanol–water partition coefficient (Wildman–Crippen LogP) is 2.52. The molecule has 0 aromatic heterocycles. The fourth-order valence-corrected chi connectivity index (χ4v) is 2.32. The summed E-state index contributed by atoms with van der Waals surface area (Å²) >= 11 is 5.39. The summed E-state index contributed by atoms with van der Waals surface area (Å²) in [5, 5.41) is 9.18. The van der Waals surface area contributed by atoms with Crippen molar-refractivity contribution in [2.75, 3.05) is 0 Å². The number of nitriles is 1. The number of carbonyl (C=O) groups excluding carboxylic acids is 1. The average Bonchev–Trinajstić information content (AvgIpc) is 2.18. The van der Waals surface area contributed by atoms with Crippen LogP contribution in [0, 0.1) is 11.3 Å². The Hall–Kier alpha value is -0.811. The fourth-order valence-electron chi connectivity index (χ4n) is 0.841. The molecule has 2 nitrogen and oxygen atoms in total. The second-order valence-electron chi connectivity index (χ2n) is 2.68. The topological polar surface area (TPSA) is 40.9 Å². The molecule has 1 atom stereocenters. The normalized spacial score (nSPS) is 11.8. The van der Waals surface area contributed by atoms with Crippen LogP contribution in [0.25, 0.3) is 0 Å².